The molecule has 4 heteroatoms. The summed E-state index contributed by atoms with van der Waals surface area (Å²) < 4.78 is 5.29. The monoisotopic (exact) mass is 240 g/mol. The lowest BCUT2D eigenvalue weighted by atomic mass is 9.83. The van der Waals surface area contributed by atoms with Crippen molar-refractivity contribution in [2.24, 2.45) is 5.92 Å². The van der Waals surface area contributed by atoms with Crippen LogP contribution in [0.25, 0.3) is 0 Å². The van der Waals surface area contributed by atoms with E-state index < -0.39 is 0 Å². The first-order valence-electron chi connectivity index (χ1n) is 6.93. The van der Waals surface area contributed by atoms with Crippen molar-refractivity contribution < 1.29 is 9.53 Å². The Morgan fingerprint density at radius 2 is 2.12 bits per heavy atom. The Balaban J connectivity index is 1.55. The van der Waals surface area contributed by atoms with Crippen LogP contribution in [0.15, 0.2) is 0 Å². The van der Waals surface area contributed by atoms with Gasteiger partial charge in [-0.05, 0) is 31.8 Å². The minimum atomic E-state index is -0.0498. The summed E-state index contributed by atoms with van der Waals surface area (Å²) in [6.45, 7) is 5.09. The van der Waals surface area contributed by atoms with E-state index in [-0.39, 0.29) is 5.97 Å². The van der Waals surface area contributed by atoms with Crippen LogP contribution in [0.5, 0.6) is 0 Å². The summed E-state index contributed by atoms with van der Waals surface area (Å²) >= 11 is 0. The van der Waals surface area contributed by atoms with E-state index in [1.54, 1.807) is 0 Å². The fraction of sp³-hybridized carbons (Fsp3) is 0.923. The Morgan fingerprint density at radius 3 is 2.88 bits per heavy atom. The molecule has 2 rings (SSSR count). The van der Waals surface area contributed by atoms with Gasteiger partial charge >= 0.3 is 5.97 Å². The van der Waals surface area contributed by atoms with Gasteiger partial charge in [-0.3, -0.25) is 9.69 Å². The number of carbonyl (C=O) groups is 1. The van der Waals surface area contributed by atoms with E-state index >= 15 is 0 Å². The van der Waals surface area contributed by atoms with Crippen LogP contribution in [0.3, 0.4) is 0 Å². The first-order chi connectivity index (χ1) is 8.34. The molecule has 0 aromatic carbocycles. The lowest BCUT2D eigenvalue weighted by Gasteiger charge is -2.25. The van der Waals surface area contributed by atoms with Crippen molar-refractivity contribution in [2.45, 2.75) is 32.1 Å². The molecule has 0 aromatic heterocycles. The third-order valence-corrected chi connectivity index (χ3v) is 3.80. The van der Waals surface area contributed by atoms with Crippen LogP contribution in [0.2, 0.25) is 0 Å². The Bertz CT molecular complexity index is 234. The molecule has 4 nitrogen and oxygen atoms in total. The van der Waals surface area contributed by atoms with E-state index in [0.29, 0.717) is 13.2 Å². The molecule has 2 fully saturated rings. The molecule has 98 valence electrons. The largest absolute Gasteiger partial charge is 0.465 e. The maximum absolute atomic E-state index is 11.6. The molecule has 0 aromatic rings. The van der Waals surface area contributed by atoms with E-state index in [1.165, 1.54) is 19.3 Å². The predicted molar refractivity (Wildman–Crippen MR) is 66.8 cm³/mol. The van der Waals surface area contributed by atoms with Gasteiger partial charge in [0.1, 0.15) is 0 Å². The molecule has 0 bridgehead atoms. The minimum absolute atomic E-state index is 0.0498. The van der Waals surface area contributed by atoms with Crippen LogP contribution in [0, 0.1) is 5.92 Å². The highest BCUT2D eigenvalue weighted by Crippen LogP contribution is 2.29. The number of hydrogen-bond donors (Lipinski definition) is 1. The van der Waals surface area contributed by atoms with E-state index in [9.17, 15) is 4.79 Å². The number of carbonyl (C=O) groups excluding carboxylic acids is 1. The number of rotatable bonds is 5. The maximum atomic E-state index is 11.6. The summed E-state index contributed by atoms with van der Waals surface area (Å²) in [5, 5.41) is 3.33. The highest BCUT2D eigenvalue weighted by Gasteiger charge is 2.18. The van der Waals surface area contributed by atoms with Crippen LogP contribution in [0.4, 0.5) is 0 Å². The molecule has 1 aliphatic heterocycles. The maximum Gasteiger partial charge on any atom is 0.320 e. The quantitative estimate of drug-likeness (QED) is 0.728. The summed E-state index contributed by atoms with van der Waals surface area (Å²) in [7, 11) is 0. The van der Waals surface area contributed by atoms with Gasteiger partial charge < -0.3 is 10.1 Å². The van der Waals surface area contributed by atoms with Crippen LogP contribution in [-0.4, -0.2) is 50.2 Å². The van der Waals surface area contributed by atoms with E-state index in [1.807, 2.05) is 0 Å². The zero-order valence-electron chi connectivity index (χ0n) is 10.6. The van der Waals surface area contributed by atoms with Gasteiger partial charge in [0.05, 0.1) is 13.2 Å². The van der Waals surface area contributed by atoms with Crippen molar-refractivity contribution in [3.05, 3.63) is 0 Å². The highest BCUT2D eigenvalue weighted by atomic mass is 16.5. The molecule has 17 heavy (non-hydrogen) atoms. The van der Waals surface area contributed by atoms with Crippen LogP contribution in [0.1, 0.15) is 32.1 Å². The van der Waals surface area contributed by atoms with Gasteiger partial charge in [0.25, 0.3) is 0 Å². The minimum Gasteiger partial charge on any atom is -0.465 e. The molecule has 1 saturated heterocycles. The highest BCUT2D eigenvalue weighted by molar-refractivity contribution is 5.71. The van der Waals surface area contributed by atoms with E-state index in [0.717, 1.165) is 44.9 Å². The average molecular weight is 240 g/mol. The van der Waals surface area contributed by atoms with Gasteiger partial charge in [0.2, 0.25) is 0 Å². The van der Waals surface area contributed by atoms with Gasteiger partial charge in [-0.2, -0.15) is 0 Å². The zero-order chi connectivity index (χ0) is 11.9. The molecular weight excluding hydrogens is 216 g/mol. The Hall–Kier alpha value is -0.610. The summed E-state index contributed by atoms with van der Waals surface area (Å²) in [4.78, 5) is 13.8. The average Bonchev–Trinajstić information content (AvgIpc) is 2.50. The van der Waals surface area contributed by atoms with Crippen molar-refractivity contribution in [1.29, 1.82) is 0 Å². The number of nitrogens with one attached hydrogen (secondary N) is 1. The first-order valence-corrected chi connectivity index (χ1v) is 6.93. The molecule has 0 unspecified atom stereocenters. The molecule has 0 amide bonds. The molecule has 0 spiro atoms. The third-order valence-electron chi connectivity index (χ3n) is 3.80. The van der Waals surface area contributed by atoms with E-state index in [2.05, 4.69) is 10.2 Å². The Kier molecular flexibility index (Phi) is 5.26. The first kappa shape index (κ1) is 12.8. The van der Waals surface area contributed by atoms with Gasteiger partial charge in [-0.25, -0.2) is 0 Å². The molecule has 1 aliphatic carbocycles. The number of ether oxygens (including phenoxy) is 1. The summed E-state index contributed by atoms with van der Waals surface area (Å²) in [5.41, 5.74) is 0. The fourth-order valence-corrected chi connectivity index (χ4v) is 2.41. The summed E-state index contributed by atoms with van der Waals surface area (Å²) in [5.74, 6) is 0.774. The molecular formula is C13H24N2O2. The second kappa shape index (κ2) is 6.97. The van der Waals surface area contributed by atoms with Crippen molar-refractivity contribution >= 4 is 5.97 Å². The van der Waals surface area contributed by atoms with Crippen molar-refractivity contribution in [3.8, 4) is 0 Å². The lowest BCUT2D eigenvalue weighted by Crippen LogP contribution is -2.34. The van der Waals surface area contributed by atoms with Crippen molar-refractivity contribution in [2.75, 3.05) is 39.3 Å². The summed E-state index contributed by atoms with van der Waals surface area (Å²) in [6.07, 6.45) is 6.20. The van der Waals surface area contributed by atoms with Crippen LogP contribution < -0.4 is 5.32 Å². The van der Waals surface area contributed by atoms with Crippen LogP contribution in [-0.2, 0) is 9.53 Å². The molecule has 1 saturated carbocycles. The predicted octanol–water partition coefficient (Wildman–Crippen LogP) is 1.02. The number of esters is 1. The second-order valence-corrected chi connectivity index (χ2v) is 5.19. The van der Waals surface area contributed by atoms with Gasteiger partial charge in [-0.1, -0.05) is 19.3 Å². The lowest BCUT2D eigenvalue weighted by molar-refractivity contribution is -0.145. The van der Waals surface area contributed by atoms with Gasteiger partial charge in [-0.15, -0.1) is 0 Å². The molecule has 2 aliphatic rings. The fourth-order valence-electron chi connectivity index (χ4n) is 2.41. The SMILES string of the molecule is O=C(CN1CCCNCC1)OCCC1CCC1. The molecule has 0 radical (unpaired) electrons. The van der Waals surface area contributed by atoms with E-state index in [4.69, 9.17) is 4.74 Å². The number of nitrogens with zero attached hydrogens (tertiary/aromatic N) is 1. The Morgan fingerprint density at radius 1 is 1.24 bits per heavy atom. The van der Waals surface area contributed by atoms with Gasteiger partial charge in [0.15, 0.2) is 0 Å². The zero-order valence-corrected chi connectivity index (χ0v) is 10.6. The third kappa shape index (κ3) is 4.64. The Labute approximate surface area is 104 Å². The summed E-state index contributed by atoms with van der Waals surface area (Å²) in [6, 6.07) is 0. The molecule has 1 heterocycles. The topological polar surface area (TPSA) is 41.6 Å². The number of hydrogen-bond acceptors (Lipinski definition) is 4. The normalized spacial score (nSPS) is 22.8. The smallest absolute Gasteiger partial charge is 0.320 e. The second-order valence-electron chi connectivity index (χ2n) is 5.19. The molecule has 0 atom stereocenters. The standard InChI is InChI=1S/C13H24N2O2/c16-13(17-10-5-12-3-1-4-12)11-15-8-2-6-14-7-9-15/h12,14H,1-11H2. The van der Waals surface area contributed by atoms with Crippen molar-refractivity contribution in [1.82, 2.24) is 10.2 Å². The molecule has 1 N–H and O–H groups in total. The van der Waals surface area contributed by atoms with Gasteiger partial charge in [0, 0.05) is 13.1 Å². The van der Waals surface area contributed by atoms with Crippen LogP contribution >= 0.6 is 0 Å². The van der Waals surface area contributed by atoms with Crippen molar-refractivity contribution in [3.63, 3.8) is 0 Å².